The first-order valence-corrected chi connectivity index (χ1v) is 6.47. The maximum Gasteiger partial charge on any atom is 0.253 e. The Morgan fingerprint density at radius 3 is 2.78 bits per heavy atom. The molecular weight excluding hydrogens is 226 g/mol. The van der Waals surface area contributed by atoms with Gasteiger partial charge in [-0.1, -0.05) is 13.0 Å². The molecule has 0 fully saturated rings. The monoisotopic (exact) mass is 247 g/mol. The highest BCUT2D eigenvalue weighted by molar-refractivity contribution is 6.03. The summed E-state index contributed by atoms with van der Waals surface area (Å²) in [5, 5.41) is 9.65. The highest BCUT2D eigenvalue weighted by Crippen LogP contribution is 2.28. The van der Waals surface area contributed by atoms with Gasteiger partial charge in [0.15, 0.2) is 0 Å². The van der Waals surface area contributed by atoms with Crippen LogP contribution in [0.5, 0.6) is 0 Å². The Labute approximate surface area is 108 Å². The normalized spacial score (nSPS) is 14.2. The third-order valence-electron chi connectivity index (χ3n) is 3.39. The number of hydrogen-bond acceptors (Lipinski definition) is 3. The molecule has 1 aliphatic rings. The molecule has 4 heteroatoms. The van der Waals surface area contributed by atoms with E-state index >= 15 is 0 Å². The molecule has 1 aromatic carbocycles. The number of para-hydroxylation sites is 1. The average molecular weight is 247 g/mol. The summed E-state index contributed by atoms with van der Waals surface area (Å²) in [5.74, 6) is -0.0186. The first kappa shape index (κ1) is 12.7. The van der Waals surface area contributed by atoms with Crippen LogP contribution in [0, 0.1) is 0 Å². The van der Waals surface area contributed by atoms with Crippen molar-refractivity contribution in [2.75, 3.05) is 23.7 Å². The van der Waals surface area contributed by atoms with Crippen LogP contribution in [0.2, 0.25) is 0 Å². The highest BCUT2D eigenvalue weighted by Gasteiger charge is 2.22. The van der Waals surface area contributed by atoms with Crippen LogP contribution in [0.4, 0.5) is 11.4 Å². The van der Waals surface area contributed by atoms with Gasteiger partial charge >= 0.3 is 0 Å². The molecule has 3 N–H and O–H groups in total. The predicted octanol–water partition coefficient (Wildman–Crippen LogP) is 2.44. The minimum absolute atomic E-state index is 0.0186. The Hall–Kier alpha value is -1.71. The van der Waals surface area contributed by atoms with Crippen LogP contribution in [0.3, 0.4) is 0 Å². The van der Waals surface area contributed by atoms with Gasteiger partial charge in [0.05, 0.1) is 16.9 Å². The second kappa shape index (κ2) is 4.88. The molecule has 0 saturated heterocycles. The molecule has 98 valence electrons. The Morgan fingerprint density at radius 2 is 2.06 bits per heavy atom. The van der Waals surface area contributed by atoms with E-state index in [0.29, 0.717) is 5.56 Å². The van der Waals surface area contributed by atoms with Crippen LogP contribution in [0.1, 0.15) is 37.6 Å². The number of rotatable bonds is 3. The number of carbonyl (C=O) groups excluding carboxylic acids is 1. The van der Waals surface area contributed by atoms with Crippen molar-refractivity contribution in [1.29, 1.82) is 0 Å². The lowest BCUT2D eigenvalue weighted by molar-refractivity contribution is 0.0912. The molecule has 4 nitrogen and oxygen atoms in total. The summed E-state index contributed by atoms with van der Waals surface area (Å²) in [6.45, 7) is 7.87. The Kier molecular flexibility index (Phi) is 3.45. The molecule has 0 radical (unpaired) electrons. The first-order chi connectivity index (χ1) is 8.53. The fourth-order valence-electron chi connectivity index (χ4n) is 1.93. The standard InChI is InChI=1S/C14H21N3O/c1-4-14(2,3)17-13(18)10-6-5-7-11-12(10)16-9-8-15-11/h5-7,15-16H,4,8-9H2,1-3H3,(H,17,18). The van der Waals surface area contributed by atoms with Crippen molar-refractivity contribution in [2.24, 2.45) is 0 Å². The lowest BCUT2D eigenvalue weighted by atomic mass is 10.0. The second-order valence-electron chi connectivity index (χ2n) is 5.27. The van der Waals surface area contributed by atoms with Crippen molar-refractivity contribution >= 4 is 17.3 Å². The van der Waals surface area contributed by atoms with Gasteiger partial charge in [0, 0.05) is 18.6 Å². The summed E-state index contributed by atoms with van der Waals surface area (Å²) < 4.78 is 0. The van der Waals surface area contributed by atoms with E-state index in [1.54, 1.807) is 0 Å². The van der Waals surface area contributed by atoms with Gasteiger partial charge in [-0.15, -0.1) is 0 Å². The zero-order valence-electron chi connectivity index (χ0n) is 11.3. The molecule has 1 aromatic rings. The molecule has 1 heterocycles. The van der Waals surface area contributed by atoms with Crippen LogP contribution in [0.25, 0.3) is 0 Å². The molecule has 2 rings (SSSR count). The SMILES string of the molecule is CCC(C)(C)NC(=O)c1cccc2c1NCCN2. The topological polar surface area (TPSA) is 53.2 Å². The van der Waals surface area contributed by atoms with E-state index in [1.807, 2.05) is 32.0 Å². The second-order valence-corrected chi connectivity index (χ2v) is 5.27. The van der Waals surface area contributed by atoms with Gasteiger partial charge < -0.3 is 16.0 Å². The van der Waals surface area contributed by atoms with Crippen LogP contribution in [0.15, 0.2) is 18.2 Å². The van der Waals surface area contributed by atoms with Gasteiger partial charge in [0.25, 0.3) is 5.91 Å². The van der Waals surface area contributed by atoms with Crippen molar-refractivity contribution in [3.8, 4) is 0 Å². The molecule has 0 bridgehead atoms. The minimum atomic E-state index is -0.179. The zero-order valence-corrected chi connectivity index (χ0v) is 11.3. The number of fused-ring (bicyclic) bond motifs is 1. The molecule has 0 aliphatic carbocycles. The fraction of sp³-hybridized carbons (Fsp3) is 0.500. The van der Waals surface area contributed by atoms with Gasteiger partial charge in [0.2, 0.25) is 0 Å². The van der Waals surface area contributed by atoms with Gasteiger partial charge in [-0.3, -0.25) is 4.79 Å². The van der Waals surface area contributed by atoms with E-state index in [9.17, 15) is 4.79 Å². The Bertz CT molecular complexity index is 454. The number of hydrogen-bond donors (Lipinski definition) is 3. The van der Waals surface area contributed by atoms with Gasteiger partial charge in [-0.2, -0.15) is 0 Å². The van der Waals surface area contributed by atoms with Gasteiger partial charge in [0.1, 0.15) is 0 Å². The molecule has 0 aromatic heterocycles. The van der Waals surface area contributed by atoms with Crippen molar-refractivity contribution in [2.45, 2.75) is 32.7 Å². The molecule has 0 unspecified atom stereocenters. The third-order valence-corrected chi connectivity index (χ3v) is 3.39. The largest absolute Gasteiger partial charge is 0.382 e. The molecule has 0 spiro atoms. The number of anilines is 2. The van der Waals surface area contributed by atoms with Crippen molar-refractivity contribution in [3.63, 3.8) is 0 Å². The zero-order chi connectivity index (χ0) is 13.2. The highest BCUT2D eigenvalue weighted by atomic mass is 16.1. The average Bonchev–Trinajstić information content (AvgIpc) is 2.37. The van der Waals surface area contributed by atoms with E-state index in [1.165, 1.54) is 0 Å². The molecule has 1 aliphatic heterocycles. The lowest BCUT2D eigenvalue weighted by Crippen LogP contribution is -2.43. The van der Waals surface area contributed by atoms with Crippen molar-refractivity contribution < 1.29 is 4.79 Å². The van der Waals surface area contributed by atoms with Gasteiger partial charge in [-0.25, -0.2) is 0 Å². The molecule has 1 amide bonds. The van der Waals surface area contributed by atoms with E-state index < -0.39 is 0 Å². The van der Waals surface area contributed by atoms with E-state index in [2.05, 4.69) is 22.9 Å². The summed E-state index contributed by atoms with van der Waals surface area (Å²) in [4.78, 5) is 12.3. The summed E-state index contributed by atoms with van der Waals surface area (Å²) >= 11 is 0. The van der Waals surface area contributed by atoms with Crippen molar-refractivity contribution in [3.05, 3.63) is 23.8 Å². The number of benzene rings is 1. The maximum atomic E-state index is 12.3. The Morgan fingerprint density at radius 1 is 1.33 bits per heavy atom. The van der Waals surface area contributed by atoms with Crippen LogP contribution in [-0.2, 0) is 0 Å². The fourth-order valence-corrected chi connectivity index (χ4v) is 1.93. The van der Waals surface area contributed by atoms with E-state index in [0.717, 1.165) is 30.9 Å². The van der Waals surface area contributed by atoms with Crippen LogP contribution < -0.4 is 16.0 Å². The Balaban J connectivity index is 2.26. The maximum absolute atomic E-state index is 12.3. The first-order valence-electron chi connectivity index (χ1n) is 6.47. The van der Waals surface area contributed by atoms with Crippen molar-refractivity contribution in [1.82, 2.24) is 5.32 Å². The summed E-state index contributed by atoms with van der Waals surface area (Å²) in [7, 11) is 0. The molecule has 0 atom stereocenters. The number of carbonyl (C=O) groups is 1. The summed E-state index contributed by atoms with van der Waals surface area (Å²) in [6.07, 6.45) is 0.902. The number of amides is 1. The smallest absolute Gasteiger partial charge is 0.253 e. The van der Waals surface area contributed by atoms with Gasteiger partial charge in [-0.05, 0) is 32.4 Å². The number of nitrogens with one attached hydrogen (secondary N) is 3. The van der Waals surface area contributed by atoms with E-state index in [-0.39, 0.29) is 11.4 Å². The summed E-state index contributed by atoms with van der Waals surface area (Å²) in [6, 6.07) is 5.76. The minimum Gasteiger partial charge on any atom is -0.382 e. The molecule has 18 heavy (non-hydrogen) atoms. The molecular formula is C14H21N3O. The quantitative estimate of drug-likeness (QED) is 0.769. The lowest BCUT2D eigenvalue weighted by Gasteiger charge is -2.27. The van der Waals surface area contributed by atoms with Crippen LogP contribution >= 0.6 is 0 Å². The van der Waals surface area contributed by atoms with E-state index in [4.69, 9.17) is 0 Å². The third kappa shape index (κ3) is 2.58. The predicted molar refractivity (Wildman–Crippen MR) is 75.3 cm³/mol. The van der Waals surface area contributed by atoms with Crippen LogP contribution in [-0.4, -0.2) is 24.5 Å². The molecule has 0 saturated carbocycles. The summed E-state index contributed by atoms with van der Waals surface area (Å²) in [5.41, 5.74) is 2.44.